The average molecular weight is 620 g/mol. The number of hydrogen-bond acceptors (Lipinski definition) is 6. The van der Waals surface area contributed by atoms with E-state index < -0.39 is 28.7 Å². The lowest BCUT2D eigenvalue weighted by atomic mass is 9.71. The number of nitrogens with zero attached hydrogens (tertiary/aromatic N) is 2. The normalized spacial score (nSPS) is 29.7. The summed E-state index contributed by atoms with van der Waals surface area (Å²) < 4.78 is 4.85. The number of amides is 2. The predicted molar refractivity (Wildman–Crippen MR) is 159 cm³/mol. The van der Waals surface area contributed by atoms with Gasteiger partial charge in [0.25, 0.3) is 5.91 Å². The first kappa shape index (κ1) is 29.9. The van der Waals surface area contributed by atoms with Gasteiger partial charge in [-0.3, -0.25) is 14.4 Å². The quantitative estimate of drug-likeness (QED) is 0.160. The number of ether oxygens (including phenoxy) is 1. The number of hydrogen-bond donors (Lipinski definition) is 1. The molecule has 1 aromatic rings. The molecule has 3 aliphatic rings. The van der Waals surface area contributed by atoms with Crippen LogP contribution in [0.1, 0.15) is 43.7 Å². The third kappa shape index (κ3) is 5.10. The molecule has 1 aromatic carbocycles. The maximum absolute atomic E-state index is 14.7. The highest BCUT2D eigenvalue weighted by atomic mass is 79.9. The van der Waals surface area contributed by atoms with Crippen LogP contribution in [0, 0.1) is 25.7 Å². The third-order valence-electron chi connectivity index (χ3n) is 8.34. The molecule has 39 heavy (non-hydrogen) atoms. The Balaban J connectivity index is 1.79. The summed E-state index contributed by atoms with van der Waals surface area (Å²) in [6, 6.07) is 4.60. The van der Waals surface area contributed by atoms with Crippen LogP contribution in [-0.4, -0.2) is 74.5 Å². The summed E-state index contributed by atoms with van der Waals surface area (Å²) in [6.45, 7) is 13.7. The first-order valence-electron chi connectivity index (χ1n) is 13.7. The fourth-order valence-corrected chi connectivity index (χ4v) is 10.1. The van der Waals surface area contributed by atoms with E-state index in [-0.39, 0.29) is 47.6 Å². The van der Waals surface area contributed by atoms with Crippen LogP contribution in [0.4, 0.5) is 5.69 Å². The molecule has 0 saturated carbocycles. The molecule has 0 radical (unpaired) electrons. The fraction of sp³-hybridized carbons (Fsp3) is 0.567. The van der Waals surface area contributed by atoms with E-state index >= 15 is 0 Å². The van der Waals surface area contributed by atoms with Crippen molar-refractivity contribution in [3.8, 4) is 0 Å². The Hall–Kier alpha value is -2.10. The zero-order valence-corrected chi connectivity index (χ0v) is 25.4. The van der Waals surface area contributed by atoms with E-state index in [0.717, 1.165) is 23.2 Å². The average Bonchev–Trinajstić information content (AvgIpc) is 3.51. The summed E-state index contributed by atoms with van der Waals surface area (Å²) in [4.78, 5) is 45.7. The number of likely N-dealkylation sites (tertiary alicyclic amines) is 1. The number of thioether (sulfide) groups is 1. The lowest BCUT2D eigenvalue weighted by Gasteiger charge is -2.40. The summed E-state index contributed by atoms with van der Waals surface area (Å²) in [5, 5.41) is 10.1. The number of esters is 1. The number of halogens is 1. The van der Waals surface area contributed by atoms with Crippen molar-refractivity contribution in [3.05, 3.63) is 54.6 Å². The van der Waals surface area contributed by atoms with E-state index in [1.54, 1.807) is 33.7 Å². The second kappa shape index (κ2) is 12.2. The minimum Gasteiger partial charge on any atom is -0.465 e. The van der Waals surface area contributed by atoms with Crippen LogP contribution in [-0.2, 0) is 19.1 Å². The molecule has 3 fully saturated rings. The van der Waals surface area contributed by atoms with Crippen LogP contribution in [0.15, 0.2) is 43.5 Å². The van der Waals surface area contributed by atoms with E-state index in [4.69, 9.17) is 4.74 Å². The summed E-state index contributed by atoms with van der Waals surface area (Å²) in [5.74, 6) is -2.18. The molecule has 212 valence electrons. The van der Waals surface area contributed by atoms with E-state index in [0.29, 0.717) is 19.3 Å². The lowest BCUT2D eigenvalue weighted by molar-refractivity contribution is -0.154. The number of aliphatic hydroxyl groups excluding tert-OH is 1. The number of unbranched alkanes of at least 4 members (excludes halogenated alkanes) is 1. The number of carbonyl (C=O) groups excluding carboxylic acids is 3. The Morgan fingerprint density at radius 1 is 1.33 bits per heavy atom. The number of benzene rings is 1. The van der Waals surface area contributed by atoms with Gasteiger partial charge in [0.1, 0.15) is 6.04 Å². The largest absolute Gasteiger partial charge is 0.465 e. The van der Waals surface area contributed by atoms with Crippen LogP contribution in [0.2, 0.25) is 0 Å². The first-order chi connectivity index (χ1) is 18.7. The third-order valence-corrected chi connectivity index (χ3v) is 11.6. The fourth-order valence-electron chi connectivity index (χ4n) is 6.51. The summed E-state index contributed by atoms with van der Waals surface area (Å²) in [6.07, 6.45) is 5.94. The summed E-state index contributed by atoms with van der Waals surface area (Å²) in [7, 11) is 0. The van der Waals surface area contributed by atoms with Crippen LogP contribution in [0.5, 0.6) is 0 Å². The molecule has 2 amide bonds. The minimum absolute atomic E-state index is 0.0460. The molecule has 3 heterocycles. The van der Waals surface area contributed by atoms with E-state index in [9.17, 15) is 19.5 Å². The molecule has 1 spiro atoms. The SMILES string of the molecule is C=CCCCOC(=O)[C@H]1[C@@H]2SC3(CC2Br)C(C(=O)N(CC=C)c2cc(C)ccc2C)N([C@@H](CC)CO)C(=O)[C@H]13. The first-order valence-corrected chi connectivity index (χ1v) is 15.5. The van der Waals surface area contributed by atoms with Gasteiger partial charge in [-0.15, -0.1) is 24.9 Å². The van der Waals surface area contributed by atoms with Gasteiger partial charge in [0.2, 0.25) is 5.91 Å². The maximum atomic E-state index is 14.7. The molecular weight excluding hydrogens is 580 g/mol. The topological polar surface area (TPSA) is 87.2 Å². The molecule has 7 nitrogen and oxygen atoms in total. The van der Waals surface area contributed by atoms with Gasteiger partial charge >= 0.3 is 5.97 Å². The van der Waals surface area contributed by atoms with Gasteiger partial charge in [-0.2, -0.15) is 0 Å². The summed E-state index contributed by atoms with van der Waals surface area (Å²) >= 11 is 5.36. The van der Waals surface area contributed by atoms with Crippen LogP contribution >= 0.6 is 27.7 Å². The van der Waals surface area contributed by atoms with E-state index in [1.165, 1.54) is 0 Å². The van der Waals surface area contributed by atoms with Gasteiger partial charge in [0, 0.05) is 22.3 Å². The second-order valence-corrected chi connectivity index (χ2v) is 13.5. The number of rotatable bonds is 12. The van der Waals surface area contributed by atoms with Crippen molar-refractivity contribution in [1.29, 1.82) is 0 Å². The Kier molecular flexibility index (Phi) is 9.33. The van der Waals surface area contributed by atoms with Crippen molar-refractivity contribution in [2.45, 2.75) is 73.4 Å². The Labute approximate surface area is 244 Å². The Bertz CT molecular complexity index is 1140. The van der Waals surface area contributed by atoms with Crippen molar-refractivity contribution in [2.24, 2.45) is 11.8 Å². The molecule has 3 saturated heterocycles. The van der Waals surface area contributed by atoms with Crippen molar-refractivity contribution in [1.82, 2.24) is 4.90 Å². The highest BCUT2D eigenvalue weighted by Crippen LogP contribution is 2.68. The lowest BCUT2D eigenvalue weighted by Crippen LogP contribution is -2.58. The van der Waals surface area contributed by atoms with Crippen LogP contribution < -0.4 is 4.90 Å². The Morgan fingerprint density at radius 3 is 2.72 bits per heavy atom. The van der Waals surface area contributed by atoms with Crippen molar-refractivity contribution >= 4 is 51.2 Å². The molecule has 9 heteroatoms. The van der Waals surface area contributed by atoms with Crippen LogP contribution in [0.3, 0.4) is 0 Å². The summed E-state index contributed by atoms with van der Waals surface area (Å²) in [5.41, 5.74) is 2.73. The van der Waals surface area contributed by atoms with Gasteiger partial charge in [0.15, 0.2) is 0 Å². The van der Waals surface area contributed by atoms with Gasteiger partial charge in [-0.05, 0) is 56.7 Å². The van der Waals surface area contributed by atoms with Crippen molar-refractivity contribution in [2.75, 3.05) is 24.7 Å². The number of carbonyl (C=O) groups is 3. The molecule has 7 atom stereocenters. The van der Waals surface area contributed by atoms with Gasteiger partial charge < -0.3 is 19.6 Å². The molecular formula is C30H39BrN2O5S. The number of allylic oxidation sites excluding steroid dienone is 1. The zero-order valence-electron chi connectivity index (χ0n) is 23.0. The predicted octanol–water partition coefficient (Wildman–Crippen LogP) is 4.57. The number of aryl methyl sites for hydroxylation is 2. The van der Waals surface area contributed by atoms with E-state index in [2.05, 4.69) is 29.1 Å². The second-order valence-electron chi connectivity index (χ2n) is 10.8. The number of alkyl halides is 1. The molecule has 1 N–H and O–H groups in total. The molecule has 4 rings (SSSR count). The van der Waals surface area contributed by atoms with Crippen LogP contribution in [0.25, 0.3) is 0 Å². The van der Waals surface area contributed by atoms with Crippen molar-refractivity contribution in [3.63, 3.8) is 0 Å². The number of fused-ring (bicyclic) bond motifs is 1. The highest BCUT2D eigenvalue weighted by Gasteiger charge is 2.76. The molecule has 3 aliphatic heterocycles. The highest BCUT2D eigenvalue weighted by molar-refractivity contribution is 9.09. The smallest absolute Gasteiger partial charge is 0.310 e. The molecule has 3 unspecified atom stereocenters. The number of aliphatic hydroxyl groups is 1. The molecule has 0 aliphatic carbocycles. The molecule has 2 bridgehead atoms. The van der Waals surface area contributed by atoms with Crippen molar-refractivity contribution < 1.29 is 24.2 Å². The maximum Gasteiger partial charge on any atom is 0.310 e. The van der Waals surface area contributed by atoms with Gasteiger partial charge in [0.05, 0.1) is 35.8 Å². The minimum atomic E-state index is -0.833. The standard InChI is InChI=1S/C30H39BrN2O5S/c1-6-9-10-14-38-29(37)23-24-27(35)33(20(8-3)17-34)26(30(24)16-21(31)25(23)39-30)28(36)32(13-7-2)22-15-18(4)11-12-19(22)5/h6-7,11-12,15,20-21,23-26,34H,1-2,8-10,13-14,16-17H2,3-5H3/t20-,21?,23+,24-,25+,26?,30?/m0/s1. The van der Waals surface area contributed by atoms with E-state index in [1.807, 2.05) is 39.0 Å². The zero-order chi connectivity index (χ0) is 28.5. The molecule has 0 aromatic heterocycles. The monoisotopic (exact) mass is 618 g/mol. The number of anilines is 1. The van der Waals surface area contributed by atoms with Gasteiger partial charge in [-0.25, -0.2) is 0 Å². The van der Waals surface area contributed by atoms with Gasteiger partial charge in [-0.1, -0.05) is 47.1 Å². The Morgan fingerprint density at radius 2 is 2.08 bits per heavy atom.